The zero-order valence-electron chi connectivity index (χ0n) is 64.5. The fraction of sp³-hybridized carbons (Fsp3) is 0. The number of nitrogens with zero attached hydrogens (tertiary/aromatic N) is 5. The third-order valence-corrected chi connectivity index (χ3v) is 15.9. The molecule has 0 atom stereocenters. The molecule has 0 aliphatic carbocycles. The van der Waals surface area contributed by atoms with Crippen LogP contribution in [-0.4, -0.2) is 13.7 Å². The van der Waals surface area contributed by atoms with Crippen LogP contribution in [0.2, 0.25) is 0 Å². The lowest BCUT2D eigenvalue weighted by molar-refractivity contribution is 1.08. The van der Waals surface area contributed by atoms with Crippen LogP contribution >= 0.6 is 34.0 Å². The van der Waals surface area contributed by atoms with E-state index in [-0.39, 0.29) is 66.0 Å². The molecule has 16 aromatic rings. The second-order valence-corrected chi connectivity index (χ2v) is 18.9. The molecule has 0 aliphatic rings. The van der Waals surface area contributed by atoms with E-state index >= 15 is 0 Å². The molecular formula is C62H31N5S3. The SMILES string of the molecule is [2H]c1c([2H])c([2H])c2c(sc3c2c([2H])c([2H])c2c4c([2H])c([2H])c([2H])c([2H])c4n(-c4cc(-n5c6c([2H])c([2H])c([2H])c([2H])c6c6c([2H])c([2H])c7c(sc8c([2H])c([2H])c([2H])c([2H])c87)c65)c(-n5c6c([2H])c([2H])c([2H])c([2H])c6c6c([2H])c([2H])c7c(sc8c([2H])c([2H])c([2H])c([2H])c87)c65)c([N+]#[C-])c4C#N)c32)c1[2H]. The van der Waals surface area contributed by atoms with Crippen molar-refractivity contribution in [1.82, 2.24) is 13.7 Å². The van der Waals surface area contributed by atoms with Crippen LogP contribution in [0, 0.1) is 17.9 Å². The predicted molar refractivity (Wildman–Crippen MR) is 299 cm³/mol. The molecule has 0 N–H and O–H groups in total. The number of para-hydroxylation sites is 3. The number of hydrogen-bond donors (Lipinski definition) is 0. The summed E-state index contributed by atoms with van der Waals surface area (Å²) in [5, 5.41) is 7.54. The minimum absolute atomic E-state index is 0.175. The third-order valence-electron chi connectivity index (χ3n) is 12.6. The Hall–Kier alpha value is -8.76. The summed E-state index contributed by atoms with van der Waals surface area (Å²) >= 11 is 1.90. The van der Waals surface area contributed by atoms with Crippen LogP contribution < -0.4 is 0 Å². The van der Waals surface area contributed by atoms with Gasteiger partial charge in [-0.25, -0.2) is 4.85 Å². The first-order chi connectivity index (χ1) is 47.2. The Labute approximate surface area is 452 Å². The fourth-order valence-electron chi connectivity index (χ4n) is 9.82. The van der Waals surface area contributed by atoms with E-state index in [2.05, 4.69) is 10.9 Å². The van der Waals surface area contributed by atoms with Crippen LogP contribution in [0.3, 0.4) is 0 Å². The van der Waals surface area contributed by atoms with E-state index in [0.29, 0.717) is 34.0 Å². The van der Waals surface area contributed by atoms with Gasteiger partial charge in [-0.3, -0.25) is 0 Å². The Balaban J connectivity index is 1.29. The van der Waals surface area contributed by atoms with E-state index in [1.165, 1.54) is 0 Å². The van der Waals surface area contributed by atoms with Crippen molar-refractivity contribution < 1.29 is 41.1 Å². The standard InChI is InChI=1S/C62H31N5S3/c1-64-55-46(33-63)50(65-47-20-8-2-14-34(47)40-26-29-43-37-17-5-11-23-52(37)68-60(43)56(40)65)32-51(66-48-21-9-3-15-35(48)41-27-30-44-38-18-6-12-24-53(38)69-61(44)57(41)66)59(55)67-49-22-10-4-16-36(49)42-28-31-45-39-19-7-13-25-54(39)70-62(45)58(42)67/h2-32H/i2D,3D,4D,5D,6D,7D,8D,9D,10D,11D,12D,13D,14D,15D,16D,17D,18D,19D,20D,21D,22D,23D,24D,25D,26D,27D,28D,29D,30D,31D. The molecule has 0 bridgehead atoms. The quantitative estimate of drug-likeness (QED) is 0.163. The maximum atomic E-state index is 12.3. The molecule has 322 valence electrons. The lowest BCUT2D eigenvalue weighted by Crippen LogP contribution is -2.08. The first-order valence-electron chi connectivity index (χ1n) is 35.7. The van der Waals surface area contributed by atoms with Crippen LogP contribution in [0.1, 0.15) is 46.7 Å². The lowest BCUT2D eigenvalue weighted by Gasteiger charge is -2.22. The van der Waals surface area contributed by atoms with E-state index < -0.39 is 269 Å². The van der Waals surface area contributed by atoms with Gasteiger partial charge in [0.2, 0.25) is 5.69 Å². The lowest BCUT2D eigenvalue weighted by atomic mass is 10.0. The molecule has 70 heavy (non-hydrogen) atoms. The van der Waals surface area contributed by atoms with Crippen LogP contribution in [0.4, 0.5) is 5.69 Å². The van der Waals surface area contributed by atoms with Crippen LogP contribution in [0.15, 0.2) is 187 Å². The van der Waals surface area contributed by atoms with Crippen molar-refractivity contribution in [3.05, 3.63) is 204 Å². The van der Waals surface area contributed by atoms with E-state index in [0.717, 1.165) is 19.8 Å². The van der Waals surface area contributed by atoms with Crippen molar-refractivity contribution in [3.63, 3.8) is 0 Å². The highest BCUT2D eigenvalue weighted by molar-refractivity contribution is 7.27. The highest BCUT2D eigenvalue weighted by Gasteiger charge is 2.30. The summed E-state index contributed by atoms with van der Waals surface area (Å²) in [6.45, 7) is 9.56. The number of rotatable bonds is 3. The first-order valence-corrected chi connectivity index (χ1v) is 23.2. The van der Waals surface area contributed by atoms with Gasteiger partial charge in [0.05, 0.1) is 124 Å². The molecule has 16 rings (SSSR count). The Bertz CT molecular complexity index is 6940. The molecule has 0 amide bonds. The third kappa shape index (κ3) is 4.82. The zero-order valence-corrected chi connectivity index (χ0v) is 37.0. The number of hydrogen-bond acceptors (Lipinski definition) is 4. The van der Waals surface area contributed by atoms with Crippen LogP contribution in [-0.2, 0) is 0 Å². The molecule has 0 fully saturated rings. The predicted octanol–water partition coefficient (Wildman–Crippen LogP) is 18.5. The molecule has 0 saturated carbocycles. The second-order valence-electron chi connectivity index (χ2n) is 15.8. The summed E-state index contributed by atoms with van der Waals surface area (Å²) in [7, 11) is 0. The Morgan fingerprint density at radius 2 is 0.743 bits per heavy atom. The summed E-state index contributed by atoms with van der Waals surface area (Å²) in [4.78, 5) is 4.05. The highest BCUT2D eigenvalue weighted by Crippen LogP contribution is 2.51. The van der Waals surface area contributed by atoms with Crippen molar-refractivity contribution in [2.45, 2.75) is 0 Å². The fourth-order valence-corrected chi connectivity index (χ4v) is 13.1. The summed E-state index contributed by atoms with van der Waals surface area (Å²) in [5.74, 6) is 0. The van der Waals surface area contributed by atoms with Gasteiger partial charge in [0.25, 0.3) is 0 Å². The number of thiophene rings is 3. The van der Waals surface area contributed by atoms with Crippen molar-refractivity contribution in [1.29, 1.82) is 5.26 Å². The second kappa shape index (κ2) is 13.9. The van der Waals surface area contributed by atoms with E-state index in [1.807, 2.05) is 0 Å². The molecule has 10 aromatic carbocycles. The summed E-state index contributed by atoms with van der Waals surface area (Å²) < 4.78 is 283. The Morgan fingerprint density at radius 3 is 1.16 bits per heavy atom. The van der Waals surface area contributed by atoms with Crippen molar-refractivity contribution in [3.8, 4) is 23.1 Å². The first kappa shape index (κ1) is 19.7. The highest BCUT2D eigenvalue weighted by atomic mass is 32.1. The zero-order chi connectivity index (χ0) is 72.0. The molecular weight excluding hydrogens is 911 g/mol. The molecule has 6 heterocycles. The molecule has 0 aliphatic heterocycles. The van der Waals surface area contributed by atoms with Crippen LogP contribution in [0.5, 0.6) is 0 Å². The largest absolute Gasteiger partial charge is 0.316 e. The Morgan fingerprint density at radius 1 is 0.400 bits per heavy atom. The summed E-state index contributed by atoms with van der Waals surface area (Å²) in [6.07, 6.45) is 0. The molecule has 0 radical (unpaired) electrons. The van der Waals surface area contributed by atoms with Gasteiger partial charge in [0.15, 0.2) is 0 Å². The van der Waals surface area contributed by atoms with E-state index in [9.17, 15) is 39.2 Å². The van der Waals surface area contributed by atoms with Gasteiger partial charge in [-0.2, -0.15) is 5.26 Å². The normalized spacial score (nSPS) is 18.3. The maximum absolute atomic E-state index is 12.3. The Kier molecular flexibility index (Phi) is 3.92. The topological polar surface area (TPSA) is 42.9 Å². The molecule has 8 heteroatoms. The van der Waals surface area contributed by atoms with Crippen molar-refractivity contribution in [2.75, 3.05) is 0 Å². The number of fused-ring (bicyclic) bond motifs is 21. The number of aromatic nitrogens is 3. The van der Waals surface area contributed by atoms with Gasteiger partial charge in [-0.15, -0.1) is 34.0 Å². The molecule has 5 nitrogen and oxygen atoms in total. The van der Waals surface area contributed by atoms with Crippen molar-refractivity contribution >= 4 is 166 Å². The average Bonchev–Trinajstić information content (AvgIpc) is 1.50. The van der Waals surface area contributed by atoms with Gasteiger partial charge in [0, 0.05) is 78.7 Å². The number of nitriles is 1. The van der Waals surface area contributed by atoms with Crippen molar-refractivity contribution in [2.24, 2.45) is 0 Å². The smallest absolute Gasteiger partial charge is 0.232 e. The van der Waals surface area contributed by atoms with Gasteiger partial charge in [-0.1, -0.05) is 145 Å². The minimum atomic E-state index is -0.958. The average molecular weight is 972 g/mol. The summed E-state index contributed by atoms with van der Waals surface area (Å²) in [5.41, 5.74) is -6.78. The monoisotopic (exact) mass is 971 g/mol. The molecule has 0 saturated heterocycles. The van der Waals surface area contributed by atoms with E-state index in [4.69, 9.17) is 13.7 Å². The molecule has 6 aromatic heterocycles. The van der Waals surface area contributed by atoms with Gasteiger partial charge < -0.3 is 13.7 Å². The van der Waals surface area contributed by atoms with E-state index in [1.54, 1.807) is 0 Å². The van der Waals surface area contributed by atoms with Crippen LogP contribution in [0.25, 0.3) is 148 Å². The molecule has 0 spiro atoms. The summed E-state index contributed by atoms with van der Waals surface area (Å²) in [6, 6.07) is -20.5. The minimum Gasteiger partial charge on any atom is -0.316 e. The molecule has 0 unspecified atom stereocenters. The number of benzene rings is 10. The van der Waals surface area contributed by atoms with Gasteiger partial charge in [0.1, 0.15) is 0 Å². The van der Waals surface area contributed by atoms with Gasteiger partial charge in [-0.05, 0) is 42.3 Å². The maximum Gasteiger partial charge on any atom is 0.232 e. The van der Waals surface area contributed by atoms with Gasteiger partial charge >= 0.3 is 0 Å².